The molecule has 0 aliphatic carbocycles. The molecule has 1 unspecified atom stereocenters. The fourth-order valence-corrected chi connectivity index (χ4v) is 1.19. The molecule has 75 valence electrons. The molecule has 1 atom stereocenters. The summed E-state index contributed by atoms with van der Waals surface area (Å²) in [6.07, 6.45) is 0.790. The van der Waals surface area contributed by atoms with Gasteiger partial charge in [-0.05, 0) is 12.5 Å². The standard InChI is InChI=1S/C12H15O2/c1-3-12(13)14-10(2)9-11-7-5-4-6-8-11/h4-8,10H,2-3,9H2,1H3. The lowest BCUT2D eigenvalue weighted by Crippen LogP contribution is -2.16. The molecule has 0 heterocycles. The summed E-state index contributed by atoms with van der Waals surface area (Å²) in [7, 11) is 0. The van der Waals surface area contributed by atoms with Crippen LogP contribution < -0.4 is 0 Å². The third kappa shape index (κ3) is 3.60. The van der Waals surface area contributed by atoms with E-state index < -0.39 is 0 Å². The van der Waals surface area contributed by atoms with Crippen LogP contribution in [0.1, 0.15) is 18.9 Å². The average molecular weight is 191 g/mol. The highest BCUT2D eigenvalue weighted by Gasteiger charge is 2.07. The Balaban J connectivity index is 2.41. The Morgan fingerprint density at radius 2 is 2.07 bits per heavy atom. The van der Waals surface area contributed by atoms with Crippen molar-refractivity contribution in [1.29, 1.82) is 0 Å². The van der Waals surface area contributed by atoms with Crippen molar-refractivity contribution in [3.05, 3.63) is 42.8 Å². The van der Waals surface area contributed by atoms with Gasteiger partial charge in [-0.15, -0.1) is 0 Å². The first-order valence-electron chi connectivity index (χ1n) is 4.79. The molecule has 0 aliphatic heterocycles. The zero-order valence-electron chi connectivity index (χ0n) is 8.40. The van der Waals surface area contributed by atoms with Gasteiger partial charge < -0.3 is 4.74 Å². The Morgan fingerprint density at radius 3 is 2.64 bits per heavy atom. The van der Waals surface area contributed by atoms with Crippen LogP contribution in [0.3, 0.4) is 0 Å². The predicted octanol–water partition coefficient (Wildman–Crippen LogP) is 2.38. The number of hydrogen-bond acceptors (Lipinski definition) is 2. The smallest absolute Gasteiger partial charge is 0.305 e. The van der Waals surface area contributed by atoms with Crippen molar-refractivity contribution in [2.75, 3.05) is 0 Å². The quantitative estimate of drug-likeness (QED) is 0.683. The van der Waals surface area contributed by atoms with E-state index >= 15 is 0 Å². The largest absolute Gasteiger partial charge is 0.462 e. The molecule has 0 saturated heterocycles. The van der Waals surface area contributed by atoms with E-state index in [0.717, 1.165) is 5.56 Å². The van der Waals surface area contributed by atoms with E-state index in [4.69, 9.17) is 4.74 Å². The minimum atomic E-state index is -0.287. The average Bonchev–Trinajstić information content (AvgIpc) is 2.19. The van der Waals surface area contributed by atoms with E-state index in [1.54, 1.807) is 6.92 Å². The fraction of sp³-hybridized carbons (Fsp3) is 0.333. The van der Waals surface area contributed by atoms with Gasteiger partial charge in [0.2, 0.25) is 0 Å². The molecule has 14 heavy (non-hydrogen) atoms. The van der Waals surface area contributed by atoms with Gasteiger partial charge in [0, 0.05) is 12.8 Å². The molecule has 0 N–H and O–H groups in total. The van der Waals surface area contributed by atoms with Crippen LogP contribution in [0.15, 0.2) is 30.3 Å². The Hall–Kier alpha value is -1.31. The molecule has 0 aliphatic rings. The third-order valence-electron chi connectivity index (χ3n) is 1.89. The lowest BCUT2D eigenvalue weighted by atomic mass is 10.1. The molecule has 2 heteroatoms. The molecule has 2 nitrogen and oxygen atoms in total. The normalized spacial score (nSPS) is 12.1. The lowest BCUT2D eigenvalue weighted by Gasteiger charge is -2.12. The van der Waals surface area contributed by atoms with Crippen LogP contribution in [0.2, 0.25) is 0 Å². The highest BCUT2D eigenvalue weighted by Crippen LogP contribution is 2.05. The predicted molar refractivity (Wildman–Crippen MR) is 55.7 cm³/mol. The van der Waals surface area contributed by atoms with Gasteiger partial charge in [-0.2, -0.15) is 0 Å². The number of ether oxygens (including phenoxy) is 1. The van der Waals surface area contributed by atoms with E-state index in [1.165, 1.54) is 0 Å². The Labute approximate surface area is 84.9 Å². The molecular weight excluding hydrogens is 176 g/mol. The summed E-state index contributed by atoms with van der Waals surface area (Å²) in [4.78, 5) is 11.0. The highest BCUT2D eigenvalue weighted by molar-refractivity contribution is 5.69. The fourth-order valence-electron chi connectivity index (χ4n) is 1.19. The molecule has 0 amide bonds. The van der Waals surface area contributed by atoms with Crippen molar-refractivity contribution in [2.24, 2.45) is 0 Å². The second-order valence-corrected chi connectivity index (χ2v) is 3.16. The van der Waals surface area contributed by atoms with Gasteiger partial charge in [-0.1, -0.05) is 37.3 Å². The summed E-state index contributed by atoms with van der Waals surface area (Å²) in [6, 6.07) is 9.88. The zero-order chi connectivity index (χ0) is 10.4. The number of carbonyl (C=O) groups excluding carboxylic acids is 1. The Kier molecular flexibility index (Phi) is 4.17. The maximum atomic E-state index is 11.0. The van der Waals surface area contributed by atoms with Crippen molar-refractivity contribution in [3.63, 3.8) is 0 Å². The van der Waals surface area contributed by atoms with E-state index in [0.29, 0.717) is 12.8 Å². The zero-order valence-corrected chi connectivity index (χ0v) is 8.40. The summed E-state index contributed by atoms with van der Waals surface area (Å²) in [5.74, 6) is -0.194. The van der Waals surface area contributed by atoms with Gasteiger partial charge in [-0.3, -0.25) is 4.79 Å². The monoisotopic (exact) mass is 191 g/mol. The summed E-state index contributed by atoms with van der Waals surface area (Å²) < 4.78 is 5.05. The molecule has 0 bridgehead atoms. The minimum Gasteiger partial charge on any atom is -0.462 e. The van der Waals surface area contributed by atoms with Crippen molar-refractivity contribution in [1.82, 2.24) is 0 Å². The van der Waals surface area contributed by atoms with Crippen LogP contribution in [0.4, 0.5) is 0 Å². The molecule has 0 saturated carbocycles. The first-order valence-corrected chi connectivity index (χ1v) is 4.79. The maximum absolute atomic E-state index is 11.0. The highest BCUT2D eigenvalue weighted by atomic mass is 16.5. The molecule has 1 aromatic rings. The number of rotatable bonds is 4. The molecule has 1 aromatic carbocycles. The third-order valence-corrected chi connectivity index (χ3v) is 1.89. The summed E-state index contributed by atoms with van der Waals surface area (Å²) in [5.41, 5.74) is 1.14. The molecule has 0 aromatic heterocycles. The first kappa shape index (κ1) is 10.8. The Morgan fingerprint density at radius 1 is 1.43 bits per heavy atom. The first-order chi connectivity index (χ1) is 6.72. The van der Waals surface area contributed by atoms with Gasteiger partial charge >= 0.3 is 5.97 Å². The summed E-state index contributed by atoms with van der Waals surface area (Å²) in [6.45, 7) is 5.55. The van der Waals surface area contributed by atoms with Gasteiger partial charge in [0.1, 0.15) is 6.10 Å². The molecule has 0 spiro atoms. The van der Waals surface area contributed by atoms with Crippen LogP contribution in [-0.4, -0.2) is 12.1 Å². The summed E-state index contributed by atoms with van der Waals surface area (Å²) >= 11 is 0. The summed E-state index contributed by atoms with van der Waals surface area (Å²) in [5, 5.41) is 0. The molecule has 0 fully saturated rings. The van der Waals surface area contributed by atoms with E-state index in [2.05, 4.69) is 6.92 Å². The number of benzene rings is 1. The SMILES string of the molecule is [CH2]C(Cc1ccccc1)OC(=O)CC. The van der Waals surface area contributed by atoms with E-state index in [-0.39, 0.29) is 12.1 Å². The number of carbonyl (C=O) groups is 1. The topological polar surface area (TPSA) is 26.3 Å². The maximum Gasteiger partial charge on any atom is 0.305 e. The number of esters is 1. The van der Waals surface area contributed by atoms with Crippen molar-refractivity contribution < 1.29 is 9.53 Å². The van der Waals surface area contributed by atoms with Gasteiger partial charge in [0.15, 0.2) is 0 Å². The van der Waals surface area contributed by atoms with Crippen LogP contribution in [0.25, 0.3) is 0 Å². The number of hydrogen-bond donors (Lipinski definition) is 0. The van der Waals surface area contributed by atoms with Crippen LogP contribution in [-0.2, 0) is 16.0 Å². The van der Waals surface area contributed by atoms with Crippen LogP contribution in [0, 0.1) is 6.92 Å². The van der Waals surface area contributed by atoms with E-state index in [9.17, 15) is 4.79 Å². The lowest BCUT2D eigenvalue weighted by molar-refractivity contribution is -0.146. The van der Waals surface area contributed by atoms with Crippen LogP contribution >= 0.6 is 0 Å². The second kappa shape index (κ2) is 5.43. The van der Waals surface area contributed by atoms with Gasteiger partial charge in [-0.25, -0.2) is 0 Å². The molecule has 1 rings (SSSR count). The van der Waals surface area contributed by atoms with Crippen LogP contribution in [0.5, 0.6) is 0 Å². The van der Waals surface area contributed by atoms with Crippen molar-refractivity contribution in [3.8, 4) is 0 Å². The van der Waals surface area contributed by atoms with Crippen molar-refractivity contribution in [2.45, 2.75) is 25.9 Å². The Bertz CT molecular complexity index is 280. The molecular formula is C12H15O2. The van der Waals surface area contributed by atoms with Gasteiger partial charge in [0.25, 0.3) is 0 Å². The van der Waals surface area contributed by atoms with Crippen molar-refractivity contribution >= 4 is 5.97 Å². The molecule has 1 radical (unpaired) electrons. The van der Waals surface area contributed by atoms with E-state index in [1.807, 2.05) is 30.3 Å². The minimum absolute atomic E-state index is 0.194. The van der Waals surface area contributed by atoms with Gasteiger partial charge in [0.05, 0.1) is 0 Å². The second-order valence-electron chi connectivity index (χ2n) is 3.16.